The first-order chi connectivity index (χ1) is 9.25. The molecular weight excluding hydrogens is 256 g/mol. The predicted octanol–water partition coefficient (Wildman–Crippen LogP) is 2.40. The maximum absolute atomic E-state index is 5.16. The Balaban J connectivity index is 1.80. The van der Waals surface area contributed by atoms with E-state index in [-0.39, 0.29) is 0 Å². The van der Waals surface area contributed by atoms with Crippen LogP contribution in [0.4, 0.5) is 0 Å². The fraction of sp³-hybridized carbons (Fsp3) is 0.143. The first-order valence-electron chi connectivity index (χ1n) is 6.01. The number of aromatic amines is 1. The van der Waals surface area contributed by atoms with E-state index in [4.69, 9.17) is 12.2 Å². The molecule has 0 atom stereocenters. The minimum Gasteiger partial charge on any atom is -0.360 e. The van der Waals surface area contributed by atoms with Gasteiger partial charge in [-0.3, -0.25) is 5.43 Å². The summed E-state index contributed by atoms with van der Waals surface area (Å²) in [6.45, 7) is 2.60. The topological polar surface area (TPSA) is 52.2 Å². The molecule has 1 aromatic carbocycles. The summed E-state index contributed by atoms with van der Waals surface area (Å²) < 4.78 is 0. The molecule has 4 nitrogen and oxygen atoms in total. The van der Waals surface area contributed by atoms with Gasteiger partial charge < -0.3 is 10.3 Å². The van der Waals surface area contributed by atoms with E-state index in [1.165, 1.54) is 5.56 Å². The normalized spacial score (nSPS) is 11.1. The highest BCUT2D eigenvalue weighted by atomic mass is 32.1. The second-order valence-corrected chi connectivity index (χ2v) is 4.47. The van der Waals surface area contributed by atoms with Gasteiger partial charge in [-0.25, -0.2) is 0 Å². The third-order valence-corrected chi connectivity index (χ3v) is 2.84. The molecule has 5 heteroatoms. The Hall–Kier alpha value is -2.14. The highest BCUT2D eigenvalue weighted by Gasteiger charge is 1.98. The molecule has 98 valence electrons. The van der Waals surface area contributed by atoms with E-state index in [2.05, 4.69) is 20.8 Å². The Morgan fingerprint density at radius 1 is 1.21 bits per heavy atom. The van der Waals surface area contributed by atoms with Crippen molar-refractivity contribution in [3.05, 3.63) is 59.9 Å². The predicted molar refractivity (Wildman–Crippen MR) is 82.0 cm³/mol. The number of nitrogens with zero attached hydrogens (tertiary/aromatic N) is 1. The van der Waals surface area contributed by atoms with Gasteiger partial charge in [-0.15, -0.1) is 0 Å². The van der Waals surface area contributed by atoms with E-state index in [1.807, 2.05) is 55.6 Å². The van der Waals surface area contributed by atoms with E-state index in [0.29, 0.717) is 11.7 Å². The molecule has 2 aromatic rings. The van der Waals surface area contributed by atoms with Crippen LogP contribution >= 0.6 is 12.2 Å². The van der Waals surface area contributed by atoms with Crippen LogP contribution in [0.25, 0.3) is 0 Å². The van der Waals surface area contributed by atoms with Crippen LogP contribution in [0.2, 0.25) is 0 Å². The van der Waals surface area contributed by atoms with Gasteiger partial charge >= 0.3 is 0 Å². The van der Waals surface area contributed by atoms with E-state index < -0.39 is 0 Å². The lowest BCUT2D eigenvalue weighted by molar-refractivity contribution is 0.866. The van der Waals surface area contributed by atoms with Crippen LogP contribution in [0.5, 0.6) is 0 Å². The van der Waals surface area contributed by atoms with Crippen LogP contribution < -0.4 is 10.7 Å². The highest BCUT2D eigenvalue weighted by Crippen LogP contribution is 1.97. The standard InChI is InChI=1S/C14H16N4S/c1-11(13-8-5-9-15-13)17-18-14(19)16-10-12-6-3-2-4-7-12/h2-9,15H,10H2,1H3,(H2,16,18,19)/b17-11+. The average molecular weight is 272 g/mol. The zero-order valence-corrected chi connectivity index (χ0v) is 11.5. The summed E-state index contributed by atoms with van der Waals surface area (Å²) in [5, 5.41) is 7.82. The minimum atomic E-state index is 0.509. The molecule has 0 saturated carbocycles. The van der Waals surface area contributed by atoms with Gasteiger partial charge in [-0.2, -0.15) is 5.10 Å². The third-order valence-electron chi connectivity index (χ3n) is 2.61. The van der Waals surface area contributed by atoms with Gasteiger partial charge in [0.2, 0.25) is 0 Å². The lowest BCUT2D eigenvalue weighted by atomic mass is 10.2. The van der Waals surface area contributed by atoms with Crippen molar-refractivity contribution in [3.8, 4) is 0 Å². The number of H-pyrrole nitrogens is 1. The van der Waals surface area contributed by atoms with Gasteiger partial charge in [-0.1, -0.05) is 30.3 Å². The van der Waals surface area contributed by atoms with Crippen LogP contribution in [0.3, 0.4) is 0 Å². The van der Waals surface area contributed by atoms with Crippen LogP contribution in [-0.2, 0) is 6.54 Å². The fourth-order valence-electron chi connectivity index (χ4n) is 1.57. The SMILES string of the molecule is C/C(=N\NC(=S)NCc1ccccc1)c1ccc[nH]1. The largest absolute Gasteiger partial charge is 0.360 e. The summed E-state index contributed by atoms with van der Waals surface area (Å²) in [5.41, 5.74) is 5.83. The minimum absolute atomic E-state index is 0.509. The number of nitrogens with one attached hydrogen (secondary N) is 3. The molecule has 1 aromatic heterocycles. The van der Waals surface area contributed by atoms with Crippen molar-refractivity contribution in [2.24, 2.45) is 5.10 Å². The molecule has 0 unspecified atom stereocenters. The maximum Gasteiger partial charge on any atom is 0.187 e. The van der Waals surface area contributed by atoms with Gasteiger partial charge in [-0.05, 0) is 36.8 Å². The molecule has 0 fully saturated rings. The molecule has 0 amide bonds. The monoisotopic (exact) mass is 272 g/mol. The number of hydrogen-bond acceptors (Lipinski definition) is 2. The van der Waals surface area contributed by atoms with Crippen molar-refractivity contribution < 1.29 is 0 Å². The first-order valence-corrected chi connectivity index (χ1v) is 6.42. The Labute approximate surface area is 117 Å². The second kappa shape index (κ2) is 6.70. The van der Waals surface area contributed by atoms with E-state index in [1.54, 1.807) is 0 Å². The smallest absolute Gasteiger partial charge is 0.187 e. The Kier molecular flexibility index (Phi) is 4.69. The van der Waals surface area contributed by atoms with Gasteiger partial charge in [0.05, 0.1) is 11.4 Å². The molecule has 19 heavy (non-hydrogen) atoms. The molecule has 0 saturated heterocycles. The van der Waals surface area contributed by atoms with Crippen molar-refractivity contribution in [3.63, 3.8) is 0 Å². The summed E-state index contributed by atoms with van der Waals surface area (Å²) in [7, 11) is 0. The molecule has 2 rings (SSSR count). The van der Waals surface area contributed by atoms with Gasteiger partial charge in [0, 0.05) is 12.7 Å². The molecule has 0 aliphatic rings. The summed E-state index contributed by atoms with van der Waals surface area (Å²) in [6, 6.07) is 14.0. The van der Waals surface area contributed by atoms with E-state index in [9.17, 15) is 0 Å². The van der Waals surface area contributed by atoms with Crippen LogP contribution in [0.1, 0.15) is 18.2 Å². The molecule has 0 aliphatic heterocycles. The molecule has 0 spiro atoms. The van der Waals surface area contributed by atoms with Gasteiger partial charge in [0.15, 0.2) is 5.11 Å². The highest BCUT2D eigenvalue weighted by molar-refractivity contribution is 7.80. The van der Waals surface area contributed by atoms with Crippen LogP contribution in [0.15, 0.2) is 53.8 Å². The summed E-state index contributed by atoms with van der Waals surface area (Å²) in [6.07, 6.45) is 1.86. The molecule has 0 aliphatic carbocycles. The van der Waals surface area contributed by atoms with Crippen molar-refractivity contribution in [2.75, 3.05) is 0 Å². The lowest BCUT2D eigenvalue weighted by Gasteiger charge is -2.07. The van der Waals surface area contributed by atoms with Gasteiger partial charge in [0.1, 0.15) is 0 Å². The number of benzene rings is 1. The van der Waals surface area contributed by atoms with Crippen molar-refractivity contribution in [1.82, 2.24) is 15.7 Å². The summed E-state index contributed by atoms with van der Waals surface area (Å²) >= 11 is 5.16. The van der Waals surface area contributed by atoms with Crippen molar-refractivity contribution >= 4 is 23.0 Å². The number of thiocarbonyl (C=S) groups is 1. The number of hydrazone groups is 1. The van der Waals surface area contributed by atoms with Crippen LogP contribution in [-0.4, -0.2) is 15.8 Å². The lowest BCUT2D eigenvalue weighted by Crippen LogP contribution is -2.32. The quantitative estimate of drug-likeness (QED) is 0.455. The summed E-state index contributed by atoms with van der Waals surface area (Å²) in [4.78, 5) is 3.08. The Morgan fingerprint density at radius 3 is 2.68 bits per heavy atom. The number of aromatic nitrogens is 1. The Morgan fingerprint density at radius 2 is 2.00 bits per heavy atom. The molecule has 3 N–H and O–H groups in total. The van der Waals surface area contributed by atoms with Crippen LogP contribution in [0, 0.1) is 0 Å². The number of rotatable bonds is 4. The molecule has 0 bridgehead atoms. The van der Waals surface area contributed by atoms with E-state index >= 15 is 0 Å². The summed E-state index contributed by atoms with van der Waals surface area (Å²) in [5.74, 6) is 0. The molecule has 1 heterocycles. The molecule has 0 radical (unpaired) electrons. The first kappa shape index (κ1) is 13.3. The molecular formula is C14H16N4S. The number of hydrogen-bond donors (Lipinski definition) is 3. The maximum atomic E-state index is 5.16. The van der Waals surface area contributed by atoms with Crippen molar-refractivity contribution in [2.45, 2.75) is 13.5 Å². The van der Waals surface area contributed by atoms with Crippen molar-refractivity contribution in [1.29, 1.82) is 0 Å². The zero-order chi connectivity index (χ0) is 13.5. The average Bonchev–Trinajstić information content (AvgIpc) is 2.98. The van der Waals surface area contributed by atoms with Gasteiger partial charge in [0.25, 0.3) is 0 Å². The fourth-order valence-corrected chi connectivity index (χ4v) is 1.69. The van der Waals surface area contributed by atoms with E-state index in [0.717, 1.165) is 11.4 Å². The Bertz CT molecular complexity index is 546. The zero-order valence-electron chi connectivity index (χ0n) is 10.7. The second-order valence-electron chi connectivity index (χ2n) is 4.06. The third kappa shape index (κ3) is 4.22.